The number of rotatable bonds is 5. The van der Waals surface area contributed by atoms with Gasteiger partial charge in [-0.2, -0.15) is 4.98 Å². The van der Waals surface area contributed by atoms with Gasteiger partial charge in [0.05, 0.1) is 10.1 Å². The Labute approximate surface area is 151 Å². The first-order valence-corrected chi connectivity index (χ1v) is 9.28. The summed E-state index contributed by atoms with van der Waals surface area (Å²) in [5, 5.41) is 14.8. The molecule has 0 bridgehead atoms. The summed E-state index contributed by atoms with van der Waals surface area (Å²) in [5.41, 5.74) is 0.914. The summed E-state index contributed by atoms with van der Waals surface area (Å²) in [5.74, 6) is 7.85. The topological polar surface area (TPSA) is 95.7 Å². The first-order chi connectivity index (χ1) is 12.2. The van der Waals surface area contributed by atoms with Gasteiger partial charge in [-0.15, -0.1) is 21.5 Å². The Kier molecular flexibility index (Phi) is 4.24. The van der Waals surface area contributed by atoms with Gasteiger partial charge in [0.15, 0.2) is 5.82 Å². The fourth-order valence-corrected chi connectivity index (χ4v) is 3.75. The van der Waals surface area contributed by atoms with E-state index in [0.29, 0.717) is 22.7 Å². The molecule has 1 atom stereocenters. The largest absolute Gasteiger partial charge is 0.338 e. The molecule has 0 saturated heterocycles. The molecule has 0 radical (unpaired) electrons. The lowest BCUT2D eigenvalue weighted by molar-refractivity contribution is 0.380. The lowest BCUT2D eigenvalue weighted by atomic mass is 10.2. The molecule has 0 amide bonds. The number of thiophene rings is 1. The third-order valence-corrected chi connectivity index (χ3v) is 5.42. The van der Waals surface area contributed by atoms with E-state index in [1.165, 1.54) is 16.4 Å². The van der Waals surface area contributed by atoms with Crippen LogP contribution < -0.4 is 5.84 Å². The van der Waals surface area contributed by atoms with E-state index in [-0.39, 0.29) is 5.25 Å². The highest BCUT2D eigenvalue weighted by Crippen LogP contribution is 2.34. The van der Waals surface area contributed by atoms with Gasteiger partial charge in [-0.3, -0.25) is 0 Å². The monoisotopic (exact) mass is 370 g/mol. The van der Waals surface area contributed by atoms with E-state index in [1.807, 2.05) is 54.8 Å². The summed E-state index contributed by atoms with van der Waals surface area (Å²) in [6.07, 6.45) is 0. The molecule has 0 saturated carbocycles. The summed E-state index contributed by atoms with van der Waals surface area (Å²) in [4.78, 5) is 5.44. The van der Waals surface area contributed by atoms with Crippen LogP contribution in [0.15, 0.2) is 57.5 Å². The molecule has 4 rings (SSSR count). The smallest absolute Gasteiger partial charge is 0.240 e. The average Bonchev–Trinajstić information content (AvgIpc) is 3.37. The molecule has 0 spiro atoms. The van der Waals surface area contributed by atoms with Gasteiger partial charge in [0, 0.05) is 5.56 Å². The van der Waals surface area contributed by atoms with Crippen molar-refractivity contribution in [1.29, 1.82) is 0 Å². The number of nitrogens with two attached hydrogens (primary N) is 1. The van der Waals surface area contributed by atoms with Gasteiger partial charge < -0.3 is 10.4 Å². The number of hydrogen-bond donors (Lipinski definition) is 1. The van der Waals surface area contributed by atoms with Gasteiger partial charge in [0.2, 0.25) is 16.9 Å². The molecular weight excluding hydrogens is 356 g/mol. The minimum atomic E-state index is -0.104. The lowest BCUT2D eigenvalue weighted by Crippen LogP contribution is -2.11. The molecule has 0 aliphatic rings. The summed E-state index contributed by atoms with van der Waals surface area (Å²) >= 11 is 2.99. The summed E-state index contributed by atoms with van der Waals surface area (Å²) in [7, 11) is 0. The minimum absolute atomic E-state index is 0.104. The van der Waals surface area contributed by atoms with Crippen LogP contribution in [0.4, 0.5) is 0 Å². The third kappa shape index (κ3) is 3.15. The SMILES string of the molecule is CC(Sc1nnc(-c2cccs2)n1N)c1nc(-c2ccccc2)no1. The average molecular weight is 370 g/mol. The maximum atomic E-state index is 6.13. The fourth-order valence-electron chi connectivity index (χ4n) is 2.24. The Bertz CT molecular complexity index is 964. The van der Waals surface area contributed by atoms with E-state index in [0.717, 1.165) is 10.4 Å². The van der Waals surface area contributed by atoms with E-state index >= 15 is 0 Å². The quantitative estimate of drug-likeness (QED) is 0.423. The zero-order valence-electron chi connectivity index (χ0n) is 13.2. The van der Waals surface area contributed by atoms with Gasteiger partial charge in [0.1, 0.15) is 0 Å². The zero-order chi connectivity index (χ0) is 17.2. The van der Waals surface area contributed by atoms with Crippen LogP contribution >= 0.6 is 23.1 Å². The molecule has 9 heteroatoms. The van der Waals surface area contributed by atoms with Crippen LogP contribution in [0.1, 0.15) is 18.1 Å². The third-order valence-electron chi connectivity index (χ3n) is 3.51. The number of benzene rings is 1. The van der Waals surface area contributed by atoms with Gasteiger partial charge in [-0.1, -0.05) is 53.3 Å². The molecule has 1 unspecified atom stereocenters. The van der Waals surface area contributed by atoms with E-state index in [4.69, 9.17) is 10.4 Å². The maximum absolute atomic E-state index is 6.13. The molecule has 0 aliphatic carbocycles. The van der Waals surface area contributed by atoms with Crippen molar-refractivity contribution in [2.45, 2.75) is 17.3 Å². The number of hydrogen-bond acceptors (Lipinski definition) is 8. The van der Waals surface area contributed by atoms with Crippen molar-refractivity contribution in [2.24, 2.45) is 0 Å². The van der Waals surface area contributed by atoms with Gasteiger partial charge in [0.25, 0.3) is 0 Å². The Morgan fingerprint density at radius 2 is 2.00 bits per heavy atom. The van der Waals surface area contributed by atoms with Crippen molar-refractivity contribution in [3.63, 3.8) is 0 Å². The number of aromatic nitrogens is 5. The Morgan fingerprint density at radius 3 is 2.76 bits per heavy atom. The molecule has 4 aromatic rings. The molecule has 1 aromatic carbocycles. The molecule has 3 heterocycles. The highest BCUT2D eigenvalue weighted by molar-refractivity contribution is 7.99. The number of nitrogens with zero attached hydrogens (tertiary/aromatic N) is 5. The molecule has 7 nitrogen and oxygen atoms in total. The fraction of sp³-hybridized carbons (Fsp3) is 0.125. The van der Waals surface area contributed by atoms with Crippen molar-refractivity contribution in [2.75, 3.05) is 5.84 Å². The van der Waals surface area contributed by atoms with Gasteiger partial charge in [-0.25, -0.2) is 4.68 Å². The van der Waals surface area contributed by atoms with Crippen LogP contribution in [-0.2, 0) is 0 Å². The summed E-state index contributed by atoms with van der Waals surface area (Å²) in [6.45, 7) is 1.96. The van der Waals surface area contributed by atoms with Crippen LogP contribution in [0.5, 0.6) is 0 Å². The Morgan fingerprint density at radius 1 is 1.16 bits per heavy atom. The second-order valence-electron chi connectivity index (χ2n) is 5.24. The predicted molar refractivity (Wildman–Crippen MR) is 97.5 cm³/mol. The van der Waals surface area contributed by atoms with Crippen LogP contribution in [0, 0.1) is 0 Å². The van der Waals surface area contributed by atoms with Gasteiger partial charge >= 0.3 is 0 Å². The van der Waals surface area contributed by atoms with E-state index in [2.05, 4.69) is 20.3 Å². The minimum Gasteiger partial charge on any atom is -0.338 e. The molecule has 3 aromatic heterocycles. The van der Waals surface area contributed by atoms with Crippen LogP contribution in [0.3, 0.4) is 0 Å². The molecule has 0 fully saturated rings. The van der Waals surface area contributed by atoms with E-state index in [1.54, 1.807) is 11.3 Å². The number of thioether (sulfide) groups is 1. The Hall–Kier alpha value is -2.65. The normalized spacial score (nSPS) is 12.4. The number of nitrogen functional groups attached to an aromatic ring is 1. The van der Waals surface area contributed by atoms with Crippen molar-refractivity contribution >= 4 is 23.1 Å². The zero-order valence-corrected chi connectivity index (χ0v) is 14.9. The van der Waals surface area contributed by atoms with Gasteiger partial charge in [-0.05, 0) is 18.4 Å². The standard InChI is InChI=1S/C16H14N6OS2/c1-10(15-18-13(21-23-15)11-6-3-2-4-7-11)25-16-20-19-14(22(16)17)12-8-5-9-24-12/h2-10H,17H2,1H3. The van der Waals surface area contributed by atoms with Crippen molar-refractivity contribution in [3.05, 3.63) is 53.7 Å². The van der Waals surface area contributed by atoms with Crippen LogP contribution in [0.25, 0.3) is 22.1 Å². The first-order valence-electron chi connectivity index (χ1n) is 7.52. The van der Waals surface area contributed by atoms with E-state index < -0.39 is 0 Å². The predicted octanol–water partition coefficient (Wildman–Crippen LogP) is 3.62. The Balaban J connectivity index is 1.53. The molecule has 126 valence electrons. The van der Waals surface area contributed by atoms with E-state index in [9.17, 15) is 0 Å². The van der Waals surface area contributed by atoms with Crippen molar-refractivity contribution in [1.82, 2.24) is 25.0 Å². The highest BCUT2D eigenvalue weighted by Gasteiger charge is 2.21. The van der Waals surface area contributed by atoms with Crippen molar-refractivity contribution in [3.8, 4) is 22.1 Å². The first kappa shape index (κ1) is 15.9. The molecule has 2 N–H and O–H groups in total. The maximum Gasteiger partial charge on any atom is 0.240 e. The van der Waals surface area contributed by atoms with Crippen molar-refractivity contribution < 1.29 is 4.52 Å². The summed E-state index contributed by atoms with van der Waals surface area (Å²) in [6, 6.07) is 13.6. The van der Waals surface area contributed by atoms with Crippen LogP contribution in [-0.4, -0.2) is 25.0 Å². The molecule has 0 aliphatic heterocycles. The second-order valence-corrected chi connectivity index (χ2v) is 7.49. The van der Waals surface area contributed by atoms with Crippen LogP contribution in [0.2, 0.25) is 0 Å². The highest BCUT2D eigenvalue weighted by atomic mass is 32.2. The summed E-state index contributed by atoms with van der Waals surface area (Å²) < 4.78 is 6.88. The lowest BCUT2D eigenvalue weighted by Gasteiger charge is -2.05. The molecule has 25 heavy (non-hydrogen) atoms. The second kappa shape index (κ2) is 6.69. The molecular formula is C16H14N6OS2.